The van der Waals surface area contributed by atoms with E-state index in [1.165, 1.54) is 18.2 Å². The van der Waals surface area contributed by atoms with Crippen LogP contribution in [0.1, 0.15) is 28.9 Å². The summed E-state index contributed by atoms with van der Waals surface area (Å²) >= 11 is 5.90. The van der Waals surface area contributed by atoms with Crippen LogP contribution in [0.5, 0.6) is 0 Å². The zero-order chi connectivity index (χ0) is 13.8. The Balaban J connectivity index is 2.11. The molecule has 0 aromatic heterocycles. The first-order valence-corrected chi connectivity index (χ1v) is 6.26. The summed E-state index contributed by atoms with van der Waals surface area (Å²) in [5, 5.41) is 3.42. The molecule has 0 fully saturated rings. The molecule has 0 spiro atoms. The highest BCUT2D eigenvalue weighted by atomic mass is 35.5. The maximum Gasteiger partial charge on any atom is 0.251 e. The molecule has 0 saturated carbocycles. The Morgan fingerprint density at radius 2 is 1.95 bits per heavy atom. The quantitative estimate of drug-likeness (QED) is 0.904. The number of halogens is 2. The molecular formula is C15H13ClFNO. The van der Waals surface area contributed by atoms with Gasteiger partial charge in [0.25, 0.3) is 5.91 Å². The molecule has 2 nitrogen and oxygen atoms in total. The van der Waals surface area contributed by atoms with Gasteiger partial charge in [0, 0.05) is 10.6 Å². The zero-order valence-electron chi connectivity index (χ0n) is 10.4. The molecule has 1 amide bonds. The second-order valence-electron chi connectivity index (χ2n) is 4.26. The first-order chi connectivity index (χ1) is 9.06. The molecule has 0 radical (unpaired) electrons. The van der Waals surface area contributed by atoms with Crippen molar-refractivity contribution >= 4 is 17.5 Å². The van der Waals surface area contributed by atoms with E-state index in [0.717, 1.165) is 5.56 Å². The van der Waals surface area contributed by atoms with E-state index in [-0.39, 0.29) is 11.9 Å². The van der Waals surface area contributed by atoms with Crippen molar-refractivity contribution in [3.8, 4) is 0 Å². The lowest BCUT2D eigenvalue weighted by Crippen LogP contribution is -2.26. The lowest BCUT2D eigenvalue weighted by Gasteiger charge is -2.14. The summed E-state index contributed by atoms with van der Waals surface area (Å²) in [6, 6.07) is 12.7. The number of nitrogens with one attached hydrogen (secondary N) is 1. The van der Waals surface area contributed by atoms with Gasteiger partial charge < -0.3 is 5.32 Å². The summed E-state index contributed by atoms with van der Waals surface area (Å²) in [7, 11) is 0. The first-order valence-electron chi connectivity index (χ1n) is 5.88. The van der Waals surface area contributed by atoms with Crippen LogP contribution in [0.2, 0.25) is 5.02 Å². The SMILES string of the molecule is C[C@@H](NC(=O)c1cccc(F)c1)c1cccc(Cl)c1. The molecular weight excluding hydrogens is 265 g/mol. The maximum absolute atomic E-state index is 13.0. The molecule has 1 atom stereocenters. The van der Waals surface area contributed by atoms with Gasteiger partial charge in [-0.2, -0.15) is 0 Å². The standard InChI is InChI=1S/C15H13ClFNO/c1-10(11-4-2-6-13(16)8-11)18-15(19)12-5-3-7-14(17)9-12/h2-10H,1H3,(H,18,19)/t10-/m1/s1. The van der Waals surface area contributed by atoms with E-state index in [1.807, 2.05) is 19.1 Å². The van der Waals surface area contributed by atoms with E-state index < -0.39 is 5.82 Å². The van der Waals surface area contributed by atoms with Crippen LogP contribution >= 0.6 is 11.6 Å². The van der Waals surface area contributed by atoms with Crippen LogP contribution in [-0.4, -0.2) is 5.91 Å². The number of amides is 1. The maximum atomic E-state index is 13.0. The highest BCUT2D eigenvalue weighted by Crippen LogP contribution is 2.17. The van der Waals surface area contributed by atoms with Gasteiger partial charge in [-0.1, -0.05) is 29.8 Å². The van der Waals surface area contributed by atoms with Crippen LogP contribution in [0.4, 0.5) is 4.39 Å². The van der Waals surface area contributed by atoms with Crippen LogP contribution in [0.3, 0.4) is 0 Å². The van der Waals surface area contributed by atoms with Crippen molar-refractivity contribution in [2.24, 2.45) is 0 Å². The fourth-order valence-electron chi connectivity index (χ4n) is 1.77. The number of hydrogen-bond acceptors (Lipinski definition) is 1. The second-order valence-corrected chi connectivity index (χ2v) is 4.70. The van der Waals surface area contributed by atoms with Crippen LogP contribution in [0.15, 0.2) is 48.5 Å². The Morgan fingerprint density at radius 1 is 1.21 bits per heavy atom. The smallest absolute Gasteiger partial charge is 0.251 e. The molecule has 1 N–H and O–H groups in total. The Bertz CT molecular complexity index is 600. The number of hydrogen-bond donors (Lipinski definition) is 1. The van der Waals surface area contributed by atoms with Crippen molar-refractivity contribution in [2.75, 3.05) is 0 Å². The van der Waals surface area contributed by atoms with Gasteiger partial charge in [-0.3, -0.25) is 4.79 Å². The number of rotatable bonds is 3. The molecule has 4 heteroatoms. The Labute approximate surface area is 116 Å². The number of benzene rings is 2. The van der Waals surface area contributed by atoms with Crippen LogP contribution in [0, 0.1) is 5.82 Å². The second kappa shape index (κ2) is 5.85. The van der Waals surface area contributed by atoms with Crippen LogP contribution in [0.25, 0.3) is 0 Å². The minimum atomic E-state index is -0.428. The average molecular weight is 278 g/mol. The van der Waals surface area contributed by atoms with E-state index in [0.29, 0.717) is 10.6 Å². The third-order valence-electron chi connectivity index (χ3n) is 2.78. The summed E-state index contributed by atoms with van der Waals surface area (Å²) in [5.41, 5.74) is 1.20. The minimum Gasteiger partial charge on any atom is -0.346 e. The molecule has 0 unspecified atom stereocenters. The van der Waals surface area contributed by atoms with Gasteiger partial charge >= 0.3 is 0 Å². The summed E-state index contributed by atoms with van der Waals surface area (Å²) in [6.45, 7) is 1.85. The Hall–Kier alpha value is -1.87. The molecule has 0 aliphatic rings. The van der Waals surface area contributed by atoms with E-state index >= 15 is 0 Å². The third kappa shape index (κ3) is 3.55. The van der Waals surface area contributed by atoms with Crippen LogP contribution < -0.4 is 5.32 Å². The predicted octanol–water partition coefficient (Wildman–Crippen LogP) is 3.97. The number of carbonyl (C=O) groups excluding carboxylic acids is 1. The highest BCUT2D eigenvalue weighted by Gasteiger charge is 2.12. The lowest BCUT2D eigenvalue weighted by atomic mass is 10.1. The van der Waals surface area contributed by atoms with E-state index in [4.69, 9.17) is 11.6 Å². The normalized spacial score (nSPS) is 11.9. The Morgan fingerprint density at radius 3 is 2.63 bits per heavy atom. The summed E-state index contributed by atoms with van der Waals surface area (Å²) < 4.78 is 13.0. The van der Waals surface area contributed by atoms with Crippen molar-refractivity contribution in [3.63, 3.8) is 0 Å². The van der Waals surface area contributed by atoms with Gasteiger partial charge in [-0.25, -0.2) is 4.39 Å². The van der Waals surface area contributed by atoms with Crippen molar-refractivity contribution in [1.82, 2.24) is 5.32 Å². The van der Waals surface area contributed by atoms with E-state index in [1.54, 1.807) is 18.2 Å². The molecule has 0 bridgehead atoms. The topological polar surface area (TPSA) is 29.1 Å². The highest BCUT2D eigenvalue weighted by molar-refractivity contribution is 6.30. The summed E-state index contributed by atoms with van der Waals surface area (Å²) in [5.74, 6) is -0.741. The van der Waals surface area contributed by atoms with Gasteiger partial charge in [-0.05, 0) is 42.8 Å². The molecule has 0 saturated heterocycles. The summed E-state index contributed by atoms with van der Waals surface area (Å²) in [6.07, 6.45) is 0. The fraction of sp³-hybridized carbons (Fsp3) is 0.133. The Kier molecular flexibility index (Phi) is 4.17. The van der Waals surface area contributed by atoms with Gasteiger partial charge in [-0.15, -0.1) is 0 Å². The first kappa shape index (κ1) is 13.6. The van der Waals surface area contributed by atoms with E-state index in [9.17, 15) is 9.18 Å². The van der Waals surface area contributed by atoms with Crippen molar-refractivity contribution in [1.29, 1.82) is 0 Å². The van der Waals surface area contributed by atoms with Crippen molar-refractivity contribution in [3.05, 3.63) is 70.5 Å². The largest absolute Gasteiger partial charge is 0.346 e. The summed E-state index contributed by atoms with van der Waals surface area (Å²) in [4.78, 5) is 12.0. The monoisotopic (exact) mass is 277 g/mol. The molecule has 0 heterocycles. The third-order valence-corrected chi connectivity index (χ3v) is 3.02. The minimum absolute atomic E-state index is 0.200. The lowest BCUT2D eigenvalue weighted by molar-refractivity contribution is 0.0939. The molecule has 19 heavy (non-hydrogen) atoms. The number of carbonyl (C=O) groups is 1. The molecule has 2 aromatic carbocycles. The van der Waals surface area contributed by atoms with Gasteiger partial charge in [0.1, 0.15) is 5.82 Å². The molecule has 2 rings (SSSR count). The molecule has 0 aliphatic heterocycles. The van der Waals surface area contributed by atoms with E-state index in [2.05, 4.69) is 5.32 Å². The molecule has 98 valence electrons. The van der Waals surface area contributed by atoms with Crippen molar-refractivity contribution in [2.45, 2.75) is 13.0 Å². The zero-order valence-corrected chi connectivity index (χ0v) is 11.1. The fourth-order valence-corrected chi connectivity index (χ4v) is 1.97. The molecule has 2 aromatic rings. The average Bonchev–Trinajstić information content (AvgIpc) is 2.38. The molecule has 0 aliphatic carbocycles. The van der Waals surface area contributed by atoms with Crippen LogP contribution in [-0.2, 0) is 0 Å². The van der Waals surface area contributed by atoms with Gasteiger partial charge in [0.2, 0.25) is 0 Å². The van der Waals surface area contributed by atoms with Gasteiger partial charge in [0.15, 0.2) is 0 Å². The van der Waals surface area contributed by atoms with Gasteiger partial charge in [0.05, 0.1) is 6.04 Å². The van der Waals surface area contributed by atoms with Crippen molar-refractivity contribution < 1.29 is 9.18 Å². The predicted molar refractivity (Wildman–Crippen MR) is 73.7 cm³/mol.